The van der Waals surface area contributed by atoms with E-state index in [-0.39, 0.29) is 9.43 Å². The van der Waals surface area contributed by atoms with Gasteiger partial charge in [0.15, 0.2) is 0 Å². The van der Waals surface area contributed by atoms with Crippen LogP contribution in [0.5, 0.6) is 0 Å². The molecule has 0 saturated heterocycles. The molecule has 0 unspecified atom stereocenters. The van der Waals surface area contributed by atoms with Crippen molar-refractivity contribution >= 4 is 14.7 Å². The molecule has 0 aliphatic carbocycles. The second-order valence-electron chi connectivity index (χ2n) is 1.87. The summed E-state index contributed by atoms with van der Waals surface area (Å²) in [4.78, 5) is -0.194. The van der Waals surface area contributed by atoms with Gasteiger partial charge in [0.25, 0.3) is 0 Å². The van der Waals surface area contributed by atoms with Crippen molar-refractivity contribution in [2.75, 3.05) is 0 Å². The van der Waals surface area contributed by atoms with Gasteiger partial charge in [-0.2, -0.15) is 0 Å². The second kappa shape index (κ2) is 2.93. The van der Waals surface area contributed by atoms with Crippen molar-refractivity contribution in [1.29, 1.82) is 0 Å². The molecule has 1 aromatic carbocycles. The zero-order chi connectivity index (χ0) is 8.48. The predicted molar refractivity (Wildman–Crippen MR) is 35.9 cm³/mol. The van der Waals surface area contributed by atoms with Crippen molar-refractivity contribution in [1.82, 2.24) is 0 Å². The molecule has 3 nitrogen and oxygen atoms in total. The summed E-state index contributed by atoms with van der Waals surface area (Å²) in [6.45, 7) is 0. The Kier molecular flexibility index (Phi) is 2.32. The summed E-state index contributed by atoms with van der Waals surface area (Å²) < 4.78 is 29.9. The molecule has 0 bridgehead atoms. The van der Waals surface area contributed by atoms with Gasteiger partial charge in [0.05, 0.1) is 0 Å². The van der Waals surface area contributed by atoms with Gasteiger partial charge in [0, 0.05) is 0 Å². The van der Waals surface area contributed by atoms with Gasteiger partial charge in [-0.1, -0.05) is 0 Å². The molecule has 0 amide bonds. The van der Waals surface area contributed by atoms with Crippen LogP contribution in [-0.4, -0.2) is 13.0 Å². The molecule has 0 spiro atoms. The molecule has 1 aromatic rings. The Labute approximate surface area is 72.5 Å². The van der Waals surface area contributed by atoms with E-state index in [4.69, 9.17) is 4.55 Å². The Bertz CT molecular complexity index is 358. The van der Waals surface area contributed by atoms with Gasteiger partial charge in [-0.25, -0.2) is 0 Å². The minimum atomic E-state index is -4.13. The molecule has 0 atom stereocenters. The van der Waals surface area contributed by atoms with Crippen LogP contribution in [0.3, 0.4) is 0 Å². The van der Waals surface area contributed by atoms with Crippen LogP contribution in [-0.2, 0) is 25.6 Å². The molecule has 0 fully saturated rings. The zero-order valence-electron chi connectivity index (χ0n) is 5.30. The summed E-state index contributed by atoms with van der Waals surface area (Å²) >= 11 is 4.36. The third kappa shape index (κ3) is 2.02. The van der Waals surface area contributed by atoms with E-state index in [0.717, 1.165) is 0 Å². The van der Waals surface area contributed by atoms with Gasteiger partial charge in [-0.15, -0.1) is 0 Å². The Balaban J connectivity index is 3.37. The fourth-order valence-electron chi connectivity index (χ4n) is 0.635. The Morgan fingerprint density at radius 1 is 1.27 bits per heavy atom. The van der Waals surface area contributed by atoms with Crippen LogP contribution in [0.4, 0.5) is 0 Å². The normalized spacial score (nSPS) is 11.5. The van der Waals surface area contributed by atoms with Gasteiger partial charge in [0.1, 0.15) is 0 Å². The summed E-state index contributed by atoms with van der Waals surface area (Å²) in [5, 5.41) is 0. The van der Waals surface area contributed by atoms with Crippen LogP contribution in [0, 0.1) is 0 Å². The van der Waals surface area contributed by atoms with Gasteiger partial charge in [-0.05, 0) is 0 Å². The second-order valence-corrected chi connectivity index (χ2v) is 3.79. The van der Waals surface area contributed by atoms with Crippen LogP contribution < -0.4 is 4.53 Å². The molecule has 0 radical (unpaired) electrons. The molecule has 0 aliphatic rings. The Morgan fingerprint density at radius 2 is 1.82 bits per heavy atom. The van der Waals surface area contributed by atoms with Gasteiger partial charge < -0.3 is 0 Å². The van der Waals surface area contributed by atoms with E-state index in [9.17, 15) is 8.42 Å². The summed E-state index contributed by atoms with van der Waals surface area (Å²) in [7, 11) is -4.13. The maximum absolute atomic E-state index is 10.5. The molecule has 11 heavy (non-hydrogen) atoms. The van der Waals surface area contributed by atoms with E-state index >= 15 is 0 Å². The van der Waals surface area contributed by atoms with Gasteiger partial charge in [0.2, 0.25) is 0 Å². The molecular formula is C6H5NiO3S. The molecule has 0 aliphatic heterocycles. The van der Waals surface area contributed by atoms with Crippen LogP contribution in [0.1, 0.15) is 0 Å². The van der Waals surface area contributed by atoms with E-state index in [0.29, 0.717) is 0 Å². The number of hydrogen-bond donors (Lipinski definition) is 1. The van der Waals surface area contributed by atoms with Crippen molar-refractivity contribution in [3.63, 3.8) is 0 Å². The molecule has 0 heterocycles. The van der Waals surface area contributed by atoms with Crippen molar-refractivity contribution in [3.05, 3.63) is 24.3 Å². The molecule has 1 rings (SSSR count). The summed E-state index contributed by atoms with van der Waals surface area (Å²) in [6, 6.07) is 5.86. The van der Waals surface area contributed by atoms with Crippen molar-refractivity contribution in [2.24, 2.45) is 0 Å². The van der Waals surface area contributed by atoms with Gasteiger partial charge in [-0.3, -0.25) is 0 Å². The van der Waals surface area contributed by atoms with Crippen molar-refractivity contribution in [3.8, 4) is 0 Å². The first-order valence-corrected chi connectivity index (χ1v) is 4.64. The monoisotopic (exact) mass is 215 g/mol. The van der Waals surface area contributed by atoms with Crippen molar-refractivity contribution < 1.29 is 28.4 Å². The quantitative estimate of drug-likeness (QED) is 0.535. The topological polar surface area (TPSA) is 54.4 Å². The van der Waals surface area contributed by atoms with Crippen LogP contribution >= 0.6 is 0 Å². The minimum absolute atomic E-state index is 0.176. The maximum atomic E-state index is 10.5. The molecule has 63 valence electrons. The predicted octanol–water partition coefficient (Wildman–Crippen LogP) is 0.105. The fraction of sp³-hybridized carbons (Fsp3) is 0. The molecular weight excluding hydrogens is 211 g/mol. The Hall–Kier alpha value is -0.376. The van der Waals surface area contributed by atoms with Crippen LogP contribution in [0.25, 0.3) is 0 Å². The fourth-order valence-corrected chi connectivity index (χ4v) is 1.74. The number of hydrogen-bond acceptors (Lipinski definition) is 2. The third-order valence-electron chi connectivity index (χ3n) is 1.09. The van der Waals surface area contributed by atoms with E-state index in [1.165, 1.54) is 18.2 Å². The SMILES string of the molecule is O=S(=O)(O)c1cccc[c]1[Ni]. The molecule has 0 aromatic heterocycles. The van der Waals surface area contributed by atoms with E-state index in [2.05, 4.69) is 15.5 Å². The first kappa shape index (κ1) is 8.72. The van der Waals surface area contributed by atoms with E-state index < -0.39 is 10.1 Å². The molecule has 1 N–H and O–H groups in total. The zero-order valence-corrected chi connectivity index (χ0v) is 7.10. The van der Waals surface area contributed by atoms with E-state index in [1.807, 2.05) is 0 Å². The molecule has 5 heteroatoms. The first-order chi connectivity index (χ1) is 5.02. The summed E-state index contributed by atoms with van der Waals surface area (Å²) in [6.07, 6.45) is 0. The van der Waals surface area contributed by atoms with Crippen LogP contribution in [0.2, 0.25) is 0 Å². The standard InChI is InChI=1S/C6H5O3S.Ni/c7-10(8,9)6-4-2-1-3-5-6;/h1-4H,(H,7,8,9);. The summed E-state index contributed by atoms with van der Waals surface area (Å²) in [5.74, 6) is 0. The molecule has 0 saturated carbocycles. The number of benzene rings is 1. The average Bonchev–Trinajstić information content (AvgIpc) is 1.86. The van der Waals surface area contributed by atoms with E-state index in [1.54, 1.807) is 6.07 Å². The number of rotatable bonds is 1. The average molecular weight is 216 g/mol. The summed E-state index contributed by atoms with van der Waals surface area (Å²) in [5.41, 5.74) is 0. The van der Waals surface area contributed by atoms with Gasteiger partial charge >= 0.3 is 72.2 Å². The van der Waals surface area contributed by atoms with Crippen LogP contribution in [0.15, 0.2) is 29.2 Å². The third-order valence-corrected chi connectivity index (χ3v) is 2.57. The first-order valence-electron chi connectivity index (χ1n) is 2.71. The van der Waals surface area contributed by atoms with Crippen molar-refractivity contribution in [2.45, 2.75) is 4.90 Å². The Morgan fingerprint density at radius 3 is 2.18 bits per heavy atom.